The van der Waals surface area contributed by atoms with Gasteiger partial charge in [-0.25, -0.2) is 0 Å². The molecule has 2 rings (SSSR count). The second-order valence-electron chi connectivity index (χ2n) is 4.64. The molecule has 0 aliphatic heterocycles. The molecule has 1 heterocycles. The van der Waals surface area contributed by atoms with Crippen LogP contribution in [0, 0.1) is 0 Å². The van der Waals surface area contributed by atoms with Gasteiger partial charge in [0.1, 0.15) is 5.75 Å². The summed E-state index contributed by atoms with van der Waals surface area (Å²) >= 11 is 1.68. The molecule has 0 aliphatic carbocycles. The van der Waals surface area contributed by atoms with Gasteiger partial charge in [0, 0.05) is 4.88 Å². The first-order chi connectivity index (χ1) is 10.2. The first-order valence-electron chi connectivity index (χ1n) is 7.00. The van der Waals surface area contributed by atoms with Gasteiger partial charge in [-0.2, -0.15) is 0 Å². The van der Waals surface area contributed by atoms with Crippen molar-refractivity contribution in [3.8, 4) is 5.75 Å². The number of benzene rings is 1. The molecule has 0 aliphatic rings. The van der Waals surface area contributed by atoms with Gasteiger partial charge >= 0.3 is 0 Å². The number of hydrogen-bond donors (Lipinski definition) is 2. The van der Waals surface area contributed by atoms with E-state index >= 15 is 0 Å². The predicted molar refractivity (Wildman–Crippen MR) is 86.5 cm³/mol. The highest BCUT2D eigenvalue weighted by atomic mass is 32.1. The lowest BCUT2D eigenvalue weighted by Crippen LogP contribution is -2.24. The summed E-state index contributed by atoms with van der Waals surface area (Å²) < 4.78 is 5.51. The third kappa shape index (κ3) is 4.49. The van der Waals surface area contributed by atoms with Gasteiger partial charge in [-0.15, -0.1) is 11.3 Å². The van der Waals surface area contributed by atoms with Crippen LogP contribution in [0.5, 0.6) is 5.75 Å². The van der Waals surface area contributed by atoms with Crippen LogP contribution in [0.25, 0.3) is 0 Å². The van der Waals surface area contributed by atoms with Crippen LogP contribution in [-0.2, 0) is 17.8 Å². The topological polar surface area (TPSA) is 64.3 Å². The first kappa shape index (κ1) is 15.4. The number of rotatable bonds is 7. The second-order valence-corrected chi connectivity index (χ2v) is 5.64. The summed E-state index contributed by atoms with van der Waals surface area (Å²) in [4.78, 5) is 13.0. The third-order valence-corrected chi connectivity index (χ3v) is 4.13. The van der Waals surface area contributed by atoms with Crippen molar-refractivity contribution in [2.75, 3.05) is 12.3 Å². The van der Waals surface area contributed by atoms with E-state index in [1.807, 2.05) is 12.1 Å². The van der Waals surface area contributed by atoms with E-state index in [0.29, 0.717) is 31.0 Å². The van der Waals surface area contributed by atoms with Crippen molar-refractivity contribution in [2.24, 2.45) is 0 Å². The molecular formula is C16H20N2O2S. The van der Waals surface area contributed by atoms with Gasteiger partial charge in [0.25, 0.3) is 0 Å². The number of amides is 1. The van der Waals surface area contributed by atoms with Crippen LogP contribution in [0.15, 0.2) is 35.7 Å². The van der Waals surface area contributed by atoms with Crippen molar-refractivity contribution in [1.29, 1.82) is 0 Å². The summed E-state index contributed by atoms with van der Waals surface area (Å²) in [6.45, 7) is 3.03. The van der Waals surface area contributed by atoms with Crippen molar-refractivity contribution >= 4 is 22.9 Å². The highest BCUT2D eigenvalue weighted by Crippen LogP contribution is 2.20. The Hall–Kier alpha value is -2.01. The second kappa shape index (κ2) is 7.69. The number of aryl methyl sites for hydroxylation is 1. The molecule has 0 fully saturated rings. The number of carbonyl (C=O) groups excluding carboxylic acids is 1. The Bertz CT molecular complexity index is 595. The van der Waals surface area contributed by atoms with E-state index in [1.165, 1.54) is 10.4 Å². The first-order valence-corrected chi connectivity index (χ1v) is 7.88. The van der Waals surface area contributed by atoms with E-state index in [-0.39, 0.29) is 5.91 Å². The molecule has 0 saturated carbocycles. The van der Waals surface area contributed by atoms with E-state index in [1.54, 1.807) is 23.5 Å². The number of para-hydroxylation sites is 2. The molecule has 0 atom stereocenters. The summed E-state index contributed by atoms with van der Waals surface area (Å²) in [7, 11) is 0. The van der Waals surface area contributed by atoms with Gasteiger partial charge in [-0.3, -0.25) is 4.79 Å². The number of hydrogen-bond acceptors (Lipinski definition) is 4. The molecule has 0 bridgehead atoms. The maximum atomic E-state index is 11.8. The Morgan fingerprint density at radius 1 is 1.33 bits per heavy atom. The minimum absolute atomic E-state index is 0.0139. The highest BCUT2D eigenvalue weighted by molar-refractivity contribution is 7.10. The van der Waals surface area contributed by atoms with E-state index in [9.17, 15) is 4.79 Å². The SMILES string of the molecule is CCc1ccsc1CNC(=O)CCOc1ccccc1N. The number of thiophene rings is 1. The highest BCUT2D eigenvalue weighted by Gasteiger charge is 2.06. The fourth-order valence-electron chi connectivity index (χ4n) is 1.97. The average Bonchev–Trinajstić information content (AvgIpc) is 2.94. The lowest BCUT2D eigenvalue weighted by molar-refractivity contribution is -0.121. The van der Waals surface area contributed by atoms with Gasteiger partial charge < -0.3 is 15.8 Å². The Morgan fingerprint density at radius 2 is 2.14 bits per heavy atom. The lowest BCUT2D eigenvalue weighted by atomic mass is 10.2. The largest absolute Gasteiger partial charge is 0.491 e. The van der Waals surface area contributed by atoms with Crippen molar-refractivity contribution in [2.45, 2.75) is 26.3 Å². The lowest BCUT2D eigenvalue weighted by Gasteiger charge is -2.09. The number of ether oxygens (including phenoxy) is 1. The Morgan fingerprint density at radius 3 is 2.90 bits per heavy atom. The van der Waals surface area contributed by atoms with Crippen LogP contribution in [0.2, 0.25) is 0 Å². The van der Waals surface area contributed by atoms with Crippen LogP contribution in [0.3, 0.4) is 0 Å². The molecule has 1 aromatic heterocycles. The number of nitrogens with two attached hydrogens (primary N) is 1. The number of nitrogen functional groups attached to an aromatic ring is 1. The molecule has 112 valence electrons. The van der Waals surface area contributed by atoms with E-state index < -0.39 is 0 Å². The van der Waals surface area contributed by atoms with Crippen molar-refractivity contribution in [3.63, 3.8) is 0 Å². The van der Waals surface area contributed by atoms with Crippen LogP contribution in [-0.4, -0.2) is 12.5 Å². The fourth-order valence-corrected chi connectivity index (χ4v) is 2.89. The molecule has 0 spiro atoms. The van der Waals surface area contributed by atoms with E-state index in [4.69, 9.17) is 10.5 Å². The van der Waals surface area contributed by atoms with Crippen LogP contribution < -0.4 is 15.8 Å². The summed E-state index contributed by atoms with van der Waals surface area (Å²) in [5.74, 6) is 0.608. The Balaban J connectivity index is 1.72. The van der Waals surface area contributed by atoms with Gasteiger partial charge in [0.2, 0.25) is 5.91 Å². The zero-order valence-electron chi connectivity index (χ0n) is 12.1. The monoisotopic (exact) mass is 304 g/mol. The molecule has 0 saturated heterocycles. The van der Waals surface area contributed by atoms with E-state index in [2.05, 4.69) is 23.7 Å². The van der Waals surface area contributed by atoms with Gasteiger partial charge in [-0.05, 0) is 35.6 Å². The molecule has 5 heteroatoms. The molecule has 4 nitrogen and oxygen atoms in total. The fraction of sp³-hybridized carbons (Fsp3) is 0.312. The zero-order chi connectivity index (χ0) is 15.1. The Labute approximate surface area is 128 Å². The Kier molecular flexibility index (Phi) is 5.63. The van der Waals surface area contributed by atoms with Crippen LogP contribution >= 0.6 is 11.3 Å². The summed E-state index contributed by atoms with van der Waals surface area (Å²) in [5.41, 5.74) is 7.65. The maximum Gasteiger partial charge on any atom is 0.223 e. The molecule has 1 amide bonds. The third-order valence-electron chi connectivity index (χ3n) is 3.17. The molecule has 0 unspecified atom stereocenters. The normalized spacial score (nSPS) is 10.3. The summed E-state index contributed by atoms with van der Waals surface area (Å²) in [6, 6.07) is 9.38. The zero-order valence-corrected chi connectivity index (χ0v) is 12.9. The van der Waals surface area contributed by atoms with Gasteiger partial charge in [0.15, 0.2) is 0 Å². The van der Waals surface area contributed by atoms with Crippen LogP contribution in [0.1, 0.15) is 23.8 Å². The van der Waals surface area contributed by atoms with Crippen molar-refractivity contribution < 1.29 is 9.53 Å². The number of nitrogens with one attached hydrogen (secondary N) is 1. The van der Waals surface area contributed by atoms with Crippen molar-refractivity contribution in [1.82, 2.24) is 5.32 Å². The van der Waals surface area contributed by atoms with E-state index in [0.717, 1.165) is 6.42 Å². The maximum absolute atomic E-state index is 11.8. The number of anilines is 1. The molecular weight excluding hydrogens is 284 g/mol. The summed E-state index contributed by atoms with van der Waals surface area (Å²) in [6.07, 6.45) is 1.31. The minimum atomic E-state index is -0.0139. The van der Waals surface area contributed by atoms with Gasteiger partial charge in [-0.1, -0.05) is 19.1 Å². The van der Waals surface area contributed by atoms with Gasteiger partial charge in [0.05, 0.1) is 25.3 Å². The quantitative estimate of drug-likeness (QED) is 0.773. The van der Waals surface area contributed by atoms with Crippen molar-refractivity contribution in [3.05, 3.63) is 46.2 Å². The smallest absolute Gasteiger partial charge is 0.223 e. The molecule has 21 heavy (non-hydrogen) atoms. The molecule has 0 radical (unpaired) electrons. The summed E-state index contributed by atoms with van der Waals surface area (Å²) in [5, 5.41) is 4.98. The molecule has 1 aromatic carbocycles. The van der Waals surface area contributed by atoms with Crippen LogP contribution in [0.4, 0.5) is 5.69 Å². The number of carbonyl (C=O) groups is 1. The predicted octanol–water partition coefficient (Wildman–Crippen LogP) is 2.98. The standard InChI is InChI=1S/C16H20N2O2S/c1-2-12-8-10-21-15(12)11-18-16(19)7-9-20-14-6-4-3-5-13(14)17/h3-6,8,10H,2,7,9,11,17H2,1H3,(H,18,19). The molecule has 2 aromatic rings. The molecule has 3 N–H and O–H groups in total. The average molecular weight is 304 g/mol. The minimum Gasteiger partial charge on any atom is -0.491 e.